The van der Waals surface area contributed by atoms with Gasteiger partial charge in [-0.3, -0.25) is 13.9 Å². The van der Waals surface area contributed by atoms with Crippen molar-refractivity contribution in [3.8, 4) is 0 Å². The molecule has 0 aromatic heterocycles. The molecule has 4 rings (SSSR count). The highest BCUT2D eigenvalue weighted by molar-refractivity contribution is 7.92. The van der Waals surface area contributed by atoms with Gasteiger partial charge < -0.3 is 10.2 Å². The monoisotopic (exact) mass is 627 g/mol. The third-order valence-corrected chi connectivity index (χ3v) is 9.18. The molecule has 2 amide bonds. The number of sulfonamides is 1. The Labute approximate surface area is 254 Å². The first kappa shape index (κ1) is 31.0. The average molecular weight is 629 g/mol. The van der Waals surface area contributed by atoms with Gasteiger partial charge in [0.15, 0.2) is 0 Å². The molecule has 0 saturated heterocycles. The van der Waals surface area contributed by atoms with Crippen molar-refractivity contribution in [2.75, 3.05) is 17.9 Å². The molecule has 0 aliphatic rings. The van der Waals surface area contributed by atoms with Crippen LogP contribution in [0.4, 0.5) is 10.1 Å². The van der Waals surface area contributed by atoms with Gasteiger partial charge in [0.1, 0.15) is 18.4 Å². The maximum Gasteiger partial charge on any atom is 0.264 e. The summed E-state index contributed by atoms with van der Waals surface area (Å²) in [5, 5.41) is 2.66. The predicted molar refractivity (Wildman–Crippen MR) is 162 cm³/mol. The number of amides is 2. The van der Waals surface area contributed by atoms with Crippen LogP contribution < -0.4 is 9.62 Å². The molecule has 0 aliphatic carbocycles. The summed E-state index contributed by atoms with van der Waals surface area (Å²) in [7, 11) is -2.86. The zero-order valence-electron chi connectivity index (χ0n) is 22.6. The molecule has 0 spiro atoms. The van der Waals surface area contributed by atoms with E-state index in [2.05, 4.69) is 5.32 Å². The number of rotatable bonds is 11. The Morgan fingerprint density at radius 1 is 0.833 bits per heavy atom. The minimum absolute atomic E-state index is 0.00246. The molecule has 1 N–H and O–H groups in total. The van der Waals surface area contributed by atoms with E-state index in [1.807, 2.05) is 30.3 Å². The predicted octanol–water partition coefficient (Wildman–Crippen LogP) is 5.71. The topological polar surface area (TPSA) is 86.8 Å². The van der Waals surface area contributed by atoms with Crippen LogP contribution in [-0.4, -0.2) is 44.8 Å². The highest BCUT2D eigenvalue weighted by Crippen LogP contribution is 2.35. The Morgan fingerprint density at radius 3 is 2.07 bits per heavy atom. The lowest BCUT2D eigenvalue weighted by Gasteiger charge is -2.33. The third kappa shape index (κ3) is 7.28. The van der Waals surface area contributed by atoms with Crippen LogP contribution in [0.25, 0.3) is 0 Å². The summed E-state index contributed by atoms with van der Waals surface area (Å²) in [6.07, 6.45) is 0.150. The smallest absolute Gasteiger partial charge is 0.264 e. The van der Waals surface area contributed by atoms with Gasteiger partial charge in [-0.1, -0.05) is 89.9 Å². The molecule has 1 atom stereocenters. The second-order valence-electron chi connectivity index (χ2n) is 9.37. The molecule has 0 unspecified atom stereocenters. The van der Waals surface area contributed by atoms with E-state index in [-0.39, 0.29) is 33.6 Å². The van der Waals surface area contributed by atoms with E-state index >= 15 is 0 Å². The Balaban J connectivity index is 1.81. The van der Waals surface area contributed by atoms with Crippen molar-refractivity contribution in [3.63, 3.8) is 0 Å². The van der Waals surface area contributed by atoms with E-state index < -0.39 is 40.2 Å². The summed E-state index contributed by atoms with van der Waals surface area (Å²) >= 11 is 12.7. The summed E-state index contributed by atoms with van der Waals surface area (Å²) in [5.74, 6) is -1.59. The molecule has 4 aromatic rings. The van der Waals surface area contributed by atoms with Crippen LogP contribution in [0.2, 0.25) is 10.0 Å². The molecule has 0 heterocycles. The normalized spacial score (nSPS) is 11.9. The lowest BCUT2D eigenvalue weighted by Crippen LogP contribution is -2.53. The van der Waals surface area contributed by atoms with Crippen LogP contribution in [0.15, 0.2) is 108 Å². The Morgan fingerprint density at radius 2 is 1.45 bits per heavy atom. The fourth-order valence-corrected chi connectivity index (χ4v) is 6.32. The molecule has 42 heavy (non-hydrogen) atoms. The second-order valence-corrected chi connectivity index (χ2v) is 12.0. The number of hydrogen-bond acceptors (Lipinski definition) is 4. The fraction of sp³-hybridized carbons (Fsp3) is 0.161. The number of likely N-dealkylation sites (N-methyl/N-ethyl adjacent to an activating group) is 1. The summed E-state index contributed by atoms with van der Waals surface area (Å²) in [4.78, 5) is 28.7. The van der Waals surface area contributed by atoms with Crippen LogP contribution >= 0.6 is 23.2 Å². The molecule has 4 aromatic carbocycles. The molecular formula is C31H28Cl2FN3O4S. The number of nitrogens with zero attached hydrogens (tertiary/aromatic N) is 2. The summed E-state index contributed by atoms with van der Waals surface area (Å²) in [6.45, 7) is -0.784. The summed E-state index contributed by atoms with van der Waals surface area (Å²) < 4.78 is 42.4. The van der Waals surface area contributed by atoms with Gasteiger partial charge in [-0.25, -0.2) is 12.8 Å². The minimum Gasteiger partial charge on any atom is -0.357 e. The van der Waals surface area contributed by atoms with E-state index in [0.717, 1.165) is 9.87 Å². The van der Waals surface area contributed by atoms with Crippen molar-refractivity contribution in [1.29, 1.82) is 0 Å². The van der Waals surface area contributed by atoms with Gasteiger partial charge >= 0.3 is 0 Å². The molecule has 0 bridgehead atoms. The van der Waals surface area contributed by atoms with E-state index in [1.165, 1.54) is 66.5 Å². The fourth-order valence-electron chi connectivity index (χ4n) is 4.43. The molecular weight excluding hydrogens is 600 g/mol. The van der Waals surface area contributed by atoms with E-state index in [4.69, 9.17) is 23.2 Å². The first-order chi connectivity index (χ1) is 20.1. The number of nitrogens with one attached hydrogen (secondary N) is 1. The Bertz CT molecular complexity index is 1640. The average Bonchev–Trinajstić information content (AvgIpc) is 3.00. The van der Waals surface area contributed by atoms with Gasteiger partial charge in [0.2, 0.25) is 11.8 Å². The van der Waals surface area contributed by atoms with E-state index in [0.29, 0.717) is 5.56 Å². The molecule has 218 valence electrons. The first-order valence-corrected chi connectivity index (χ1v) is 15.1. The zero-order chi connectivity index (χ0) is 30.3. The molecule has 0 saturated carbocycles. The Hall–Kier alpha value is -3.92. The van der Waals surface area contributed by atoms with Crippen molar-refractivity contribution in [2.24, 2.45) is 0 Å². The van der Waals surface area contributed by atoms with Crippen LogP contribution in [0.1, 0.15) is 11.1 Å². The number of anilines is 1. The quantitative estimate of drug-likeness (QED) is 0.231. The van der Waals surface area contributed by atoms with Crippen molar-refractivity contribution in [1.82, 2.24) is 10.2 Å². The van der Waals surface area contributed by atoms with Crippen molar-refractivity contribution in [3.05, 3.63) is 130 Å². The highest BCUT2D eigenvalue weighted by atomic mass is 35.5. The molecule has 7 nitrogen and oxygen atoms in total. The molecule has 0 aliphatic heterocycles. The summed E-state index contributed by atoms with van der Waals surface area (Å²) in [6, 6.07) is 25.7. The standard InChI is InChI=1S/C31H28Cl2FN3O4S/c1-35-31(39)28(19-22-9-4-2-5-10-22)36(20-23-15-17-24(34)18-16-23)29(38)21-37(27-14-8-13-26(32)30(27)33)42(40,41)25-11-6-3-7-12-25/h2-18,28H,19-21H2,1H3,(H,35,39)/t28-/m1/s1. The number of carbonyl (C=O) groups excluding carboxylic acids is 2. The van der Waals surface area contributed by atoms with Crippen molar-refractivity contribution in [2.45, 2.75) is 23.9 Å². The van der Waals surface area contributed by atoms with Gasteiger partial charge in [0.05, 0.1) is 20.6 Å². The van der Waals surface area contributed by atoms with Gasteiger partial charge in [-0.15, -0.1) is 0 Å². The maximum absolute atomic E-state index is 14.2. The number of halogens is 3. The highest BCUT2D eigenvalue weighted by Gasteiger charge is 2.35. The van der Waals surface area contributed by atoms with E-state index in [9.17, 15) is 22.4 Å². The van der Waals surface area contributed by atoms with Crippen molar-refractivity contribution >= 4 is 50.7 Å². The second kappa shape index (κ2) is 13.8. The largest absolute Gasteiger partial charge is 0.357 e. The molecule has 0 fully saturated rings. The number of carbonyl (C=O) groups is 2. The molecule has 11 heteroatoms. The minimum atomic E-state index is -4.32. The molecule has 0 radical (unpaired) electrons. The third-order valence-electron chi connectivity index (χ3n) is 6.59. The van der Waals surface area contributed by atoms with Crippen molar-refractivity contribution < 1.29 is 22.4 Å². The van der Waals surface area contributed by atoms with Crippen LogP contribution in [0, 0.1) is 5.82 Å². The van der Waals surface area contributed by atoms with Crippen LogP contribution in [0.5, 0.6) is 0 Å². The zero-order valence-corrected chi connectivity index (χ0v) is 24.9. The van der Waals surface area contributed by atoms with E-state index in [1.54, 1.807) is 18.2 Å². The maximum atomic E-state index is 14.2. The lowest BCUT2D eigenvalue weighted by atomic mass is 10.0. The summed E-state index contributed by atoms with van der Waals surface area (Å²) in [5.41, 5.74) is 1.34. The van der Waals surface area contributed by atoms with Gasteiger partial charge in [0.25, 0.3) is 10.0 Å². The van der Waals surface area contributed by atoms with Gasteiger partial charge in [0, 0.05) is 20.0 Å². The number of hydrogen-bond donors (Lipinski definition) is 1. The SMILES string of the molecule is CNC(=O)[C@@H](Cc1ccccc1)N(Cc1ccc(F)cc1)C(=O)CN(c1cccc(Cl)c1Cl)S(=O)(=O)c1ccccc1. The lowest BCUT2D eigenvalue weighted by molar-refractivity contribution is -0.139. The first-order valence-electron chi connectivity index (χ1n) is 12.9. The number of benzene rings is 4. The van der Waals surface area contributed by atoms with Crippen LogP contribution in [0.3, 0.4) is 0 Å². The Kier molecular flexibility index (Phi) is 10.2. The van der Waals surface area contributed by atoms with Gasteiger partial charge in [-0.2, -0.15) is 0 Å². The van der Waals surface area contributed by atoms with Crippen LogP contribution in [-0.2, 0) is 32.6 Å². The van der Waals surface area contributed by atoms with Gasteiger partial charge in [-0.05, 0) is 47.5 Å².